The van der Waals surface area contributed by atoms with Gasteiger partial charge in [-0.25, -0.2) is 0 Å². The molecule has 0 bridgehead atoms. The molecule has 70 valence electrons. The minimum absolute atomic E-state index is 0. The molecule has 0 aliphatic carbocycles. The SMILES string of the molecule is O=S(=O)(O)c1cccc(O)c1O.[CaH2]. The van der Waals surface area contributed by atoms with Crippen molar-refractivity contribution in [1.82, 2.24) is 0 Å². The maximum absolute atomic E-state index is 10.5. The van der Waals surface area contributed by atoms with E-state index in [-0.39, 0.29) is 37.7 Å². The van der Waals surface area contributed by atoms with Crippen LogP contribution in [0.15, 0.2) is 23.1 Å². The van der Waals surface area contributed by atoms with E-state index in [1.54, 1.807) is 0 Å². The topological polar surface area (TPSA) is 94.8 Å². The summed E-state index contributed by atoms with van der Waals surface area (Å²) in [5.74, 6) is -1.44. The average molecular weight is 232 g/mol. The summed E-state index contributed by atoms with van der Waals surface area (Å²) in [6.45, 7) is 0. The molecule has 0 heterocycles. The number of rotatable bonds is 1. The van der Waals surface area contributed by atoms with E-state index >= 15 is 0 Å². The molecule has 0 radical (unpaired) electrons. The van der Waals surface area contributed by atoms with Crippen LogP contribution < -0.4 is 0 Å². The maximum atomic E-state index is 10.5. The van der Waals surface area contributed by atoms with Gasteiger partial charge in [-0.15, -0.1) is 0 Å². The molecule has 1 rings (SSSR count). The van der Waals surface area contributed by atoms with E-state index in [1.165, 1.54) is 6.07 Å². The molecule has 0 aromatic heterocycles. The van der Waals surface area contributed by atoms with Gasteiger partial charge in [0.2, 0.25) is 0 Å². The number of benzene rings is 1. The monoisotopic (exact) mass is 232 g/mol. The van der Waals surface area contributed by atoms with Crippen molar-refractivity contribution in [2.45, 2.75) is 4.90 Å². The first-order valence-corrected chi connectivity index (χ1v) is 4.35. The average Bonchev–Trinajstić information content (AvgIpc) is 1.92. The molecular formula is C6H8CaO5S. The zero-order chi connectivity index (χ0) is 9.35. The fraction of sp³-hybridized carbons (Fsp3) is 0. The molecule has 1 aromatic rings. The molecule has 1 aromatic carbocycles. The quantitative estimate of drug-likeness (QED) is 0.342. The standard InChI is InChI=1S/C6H6O5S.Ca.2H/c7-4-2-1-3-5(6(4)8)12(9,10)11;;;/h1-3,7-8H,(H,9,10,11);;;. The first-order valence-electron chi connectivity index (χ1n) is 2.91. The molecular weight excluding hydrogens is 224 g/mol. The first kappa shape index (κ1) is 13.0. The number of aromatic hydroxyl groups is 2. The Labute approximate surface area is 105 Å². The summed E-state index contributed by atoms with van der Waals surface area (Å²) in [5, 5.41) is 17.8. The molecule has 0 unspecified atom stereocenters. The zero-order valence-electron chi connectivity index (χ0n) is 5.80. The zero-order valence-corrected chi connectivity index (χ0v) is 6.61. The molecule has 0 aliphatic rings. The molecule has 0 saturated heterocycles. The minimum atomic E-state index is -4.47. The third-order valence-electron chi connectivity index (χ3n) is 1.26. The molecule has 0 aliphatic heterocycles. The molecule has 3 N–H and O–H groups in total. The molecule has 0 amide bonds. The predicted molar refractivity (Wildman–Crippen MR) is 48.1 cm³/mol. The van der Waals surface area contributed by atoms with Crippen LogP contribution >= 0.6 is 0 Å². The van der Waals surface area contributed by atoms with Gasteiger partial charge in [0.05, 0.1) is 0 Å². The molecule has 0 atom stereocenters. The second-order valence-corrected chi connectivity index (χ2v) is 3.49. The Kier molecular flexibility index (Phi) is 4.47. The normalized spacial score (nSPS) is 10.5. The molecule has 5 nitrogen and oxygen atoms in total. The van der Waals surface area contributed by atoms with Crippen molar-refractivity contribution in [2.75, 3.05) is 0 Å². The molecule has 0 fully saturated rings. The van der Waals surface area contributed by atoms with E-state index in [2.05, 4.69) is 0 Å². The van der Waals surface area contributed by atoms with Gasteiger partial charge in [-0.05, 0) is 12.1 Å². The molecule has 7 heteroatoms. The van der Waals surface area contributed by atoms with Gasteiger partial charge in [0.1, 0.15) is 4.90 Å². The summed E-state index contributed by atoms with van der Waals surface area (Å²) < 4.78 is 29.5. The van der Waals surface area contributed by atoms with E-state index < -0.39 is 26.5 Å². The fourth-order valence-corrected chi connectivity index (χ4v) is 1.32. The van der Waals surface area contributed by atoms with E-state index in [1.807, 2.05) is 0 Å². The second-order valence-electron chi connectivity index (χ2n) is 2.10. The Morgan fingerprint density at radius 3 is 2.08 bits per heavy atom. The van der Waals surface area contributed by atoms with Crippen LogP contribution in [0.25, 0.3) is 0 Å². The summed E-state index contributed by atoms with van der Waals surface area (Å²) in [4.78, 5) is -0.706. The van der Waals surface area contributed by atoms with Gasteiger partial charge in [0.15, 0.2) is 11.5 Å². The third-order valence-corrected chi connectivity index (χ3v) is 2.14. The third kappa shape index (κ3) is 2.99. The summed E-state index contributed by atoms with van der Waals surface area (Å²) in [6, 6.07) is 3.27. The van der Waals surface area contributed by atoms with E-state index in [0.29, 0.717) is 0 Å². The van der Waals surface area contributed by atoms with Gasteiger partial charge in [-0.1, -0.05) is 6.07 Å². The van der Waals surface area contributed by atoms with Crippen LogP contribution in [0.3, 0.4) is 0 Å². The Bertz CT molecular complexity index is 399. The van der Waals surface area contributed by atoms with E-state index in [9.17, 15) is 8.42 Å². The van der Waals surface area contributed by atoms with Crippen LogP contribution in [0.2, 0.25) is 0 Å². The van der Waals surface area contributed by atoms with Gasteiger partial charge in [-0.2, -0.15) is 8.42 Å². The first-order chi connectivity index (χ1) is 5.43. The number of phenolic OH excluding ortho intramolecular Hbond substituents is 2. The molecule has 0 spiro atoms. The number of hydrogen-bond acceptors (Lipinski definition) is 4. The van der Waals surface area contributed by atoms with Crippen LogP contribution in [-0.4, -0.2) is 60.9 Å². The second kappa shape index (κ2) is 4.47. The van der Waals surface area contributed by atoms with Gasteiger partial charge in [0, 0.05) is 0 Å². The van der Waals surface area contributed by atoms with Crippen LogP contribution in [0.1, 0.15) is 0 Å². The van der Waals surface area contributed by atoms with Crippen LogP contribution in [0.5, 0.6) is 11.5 Å². The van der Waals surface area contributed by atoms with Crippen molar-refractivity contribution < 1.29 is 23.2 Å². The Morgan fingerprint density at radius 2 is 1.69 bits per heavy atom. The van der Waals surface area contributed by atoms with Crippen LogP contribution in [-0.2, 0) is 10.1 Å². The van der Waals surface area contributed by atoms with Crippen LogP contribution in [0, 0.1) is 0 Å². The predicted octanol–water partition coefficient (Wildman–Crippen LogP) is -0.572. The van der Waals surface area contributed by atoms with Crippen molar-refractivity contribution in [3.05, 3.63) is 18.2 Å². The van der Waals surface area contributed by atoms with Gasteiger partial charge < -0.3 is 10.2 Å². The van der Waals surface area contributed by atoms with Gasteiger partial charge in [-0.3, -0.25) is 4.55 Å². The number of phenols is 2. The van der Waals surface area contributed by atoms with Crippen LogP contribution in [0.4, 0.5) is 0 Å². The Balaban J connectivity index is 0.00000144. The summed E-state index contributed by atoms with van der Waals surface area (Å²) in [7, 11) is -4.47. The summed E-state index contributed by atoms with van der Waals surface area (Å²) >= 11 is 0. The van der Waals surface area contributed by atoms with Crippen molar-refractivity contribution in [1.29, 1.82) is 0 Å². The van der Waals surface area contributed by atoms with Crippen molar-refractivity contribution in [2.24, 2.45) is 0 Å². The molecule has 0 saturated carbocycles. The molecule has 13 heavy (non-hydrogen) atoms. The Morgan fingerprint density at radius 1 is 1.15 bits per heavy atom. The fourth-order valence-electron chi connectivity index (χ4n) is 0.719. The van der Waals surface area contributed by atoms with E-state index in [0.717, 1.165) is 12.1 Å². The Hall–Kier alpha value is -0.0103. The van der Waals surface area contributed by atoms with Crippen molar-refractivity contribution in [3.63, 3.8) is 0 Å². The number of hydrogen-bond donors (Lipinski definition) is 3. The van der Waals surface area contributed by atoms with Gasteiger partial charge >= 0.3 is 37.7 Å². The van der Waals surface area contributed by atoms with Crippen molar-refractivity contribution in [3.8, 4) is 11.5 Å². The number of para-hydroxylation sites is 1. The summed E-state index contributed by atoms with van der Waals surface area (Å²) in [5.41, 5.74) is 0. The summed E-state index contributed by atoms with van der Waals surface area (Å²) in [6.07, 6.45) is 0. The van der Waals surface area contributed by atoms with E-state index in [4.69, 9.17) is 14.8 Å². The van der Waals surface area contributed by atoms with Gasteiger partial charge in [0.25, 0.3) is 10.1 Å². The van der Waals surface area contributed by atoms with Crippen molar-refractivity contribution >= 4 is 47.9 Å².